The van der Waals surface area contributed by atoms with Crippen LogP contribution in [0, 0.1) is 0 Å². The maximum Gasteiger partial charge on any atom is 0.201 e. The number of rotatable bonds is 0. The fraction of sp³-hybridized carbons (Fsp3) is 0. The number of hydrogen-bond acceptors (Lipinski definition) is 3. The molecule has 0 saturated heterocycles. The number of para-hydroxylation sites is 2. The summed E-state index contributed by atoms with van der Waals surface area (Å²) in [6.07, 6.45) is 0. The molecule has 2 aromatic heterocycles. The molecular formula is C9H5BrN4. The molecule has 1 aromatic carbocycles. The van der Waals surface area contributed by atoms with Gasteiger partial charge in [0, 0.05) is 0 Å². The minimum absolute atomic E-state index is 0.635. The maximum atomic E-state index is 4.43. The molecule has 0 aliphatic heterocycles. The fourth-order valence-electron chi connectivity index (χ4n) is 1.37. The van der Waals surface area contributed by atoms with Crippen molar-refractivity contribution in [2.45, 2.75) is 0 Å². The quantitative estimate of drug-likeness (QED) is 0.664. The zero-order valence-corrected chi connectivity index (χ0v) is 8.62. The van der Waals surface area contributed by atoms with Gasteiger partial charge in [-0.05, 0) is 28.1 Å². The zero-order valence-electron chi connectivity index (χ0n) is 7.03. The van der Waals surface area contributed by atoms with E-state index in [4.69, 9.17) is 0 Å². The van der Waals surface area contributed by atoms with Gasteiger partial charge in [-0.1, -0.05) is 12.1 Å². The highest BCUT2D eigenvalue weighted by molar-refractivity contribution is 9.10. The minimum Gasteiger partial charge on any atom is -0.267 e. The first-order valence-corrected chi connectivity index (χ1v) is 4.90. The van der Waals surface area contributed by atoms with E-state index in [0.717, 1.165) is 21.2 Å². The van der Waals surface area contributed by atoms with Crippen molar-refractivity contribution in [3.05, 3.63) is 28.9 Å². The first kappa shape index (κ1) is 7.87. The first-order chi connectivity index (χ1) is 6.84. The molecule has 5 heteroatoms. The van der Waals surface area contributed by atoms with Crippen LogP contribution in [-0.2, 0) is 0 Å². The second-order valence-corrected chi connectivity index (χ2v) is 3.72. The molecule has 14 heavy (non-hydrogen) atoms. The second-order valence-electron chi connectivity index (χ2n) is 2.92. The molecule has 0 saturated carbocycles. The Bertz CT molecular complexity index is 616. The number of hydrogen-bond donors (Lipinski definition) is 1. The van der Waals surface area contributed by atoms with E-state index in [-0.39, 0.29) is 0 Å². The summed E-state index contributed by atoms with van der Waals surface area (Å²) in [5.74, 6) is 0. The normalized spacial score (nSPS) is 11.2. The van der Waals surface area contributed by atoms with Gasteiger partial charge < -0.3 is 0 Å². The summed E-state index contributed by atoms with van der Waals surface area (Å²) in [7, 11) is 0. The van der Waals surface area contributed by atoms with Crippen LogP contribution in [0.25, 0.3) is 22.2 Å². The van der Waals surface area contributed by atoms with Gasteiger partial charge >= 0.3 is 0 Å². The SMILES string of the molecule is Brc1[nH]nc2nc3ccccc3nc12. The van der Waals surface area contributed by atoms with Crippen LogP contribution < -0.4 is 0 Å². The van der Waals surface area contributed by atoms with Crippen LogP contribution in [-0.4, -0.2) is 20.2 Å². The van der Waals surface area contributed by atoms with Gasteiger partial charge in [0.15, 0.2) is 0 Å². The smallest absolute Gasteiger partial charge is 0.201 e. The molecule has 0 spiro atoms. The highest BCUT2D eigenvalue weighted by atomic mass is 79.9. The molecule has 3 aromatic rings. The highest BCUT2D eigenvalue weighted by Gasteiger charge is 2.06. The average Bonchev–Trinajstić information content (AvgIpc) is 2.57. The summed E-state index contributed by atoms with van der Waals surface area (Å²) >= 11 is 3.33. The van der Waals surface area contributed by atoms with Gasteiger partial charge in [0.05, 0.1) is 11.0 Å². The van der Waals surface area contributed by atoms with Crippen LogP contribution in [0.2, 0.25) is 0 Å². The minimum atomic E-state index is 0.635. The molecular weight excluding hydrogens is 244 g/mol. The van der Waals surface area contributed by atoms with Crippen LogP contribution in [0.5, 0.6) is 0 Å². The van der Waals surface area contributed by atoms with Crippen LogP contribution in [0.15, 0.2) is 28.9 Å². The highest BCUT2D eigenvalue weighted by Crippen LogP contribution is 2.19. The largest absolute Gasteiger partial charge is 0.267 e. The number of fused-ring (bicyclic) bond motifs is 2. The maximum absolute atomic E-state index is 4.43. The Morgan fingerprint density at radius 1 is 1.07 bits per heavy atom. The number of aromatic amines is 1. The van der Waals surface area contributed by atoms with Crippen LogP contribution in [0.1, 0.15) is 0 Å². The molecule has 0 radical (unpaired) electrons. The van der Waals surface area contributed by atoms with E-state index in [1.807, 2.05) is 24.3 Å². The number of nitrogens with zero attached hydrogens (tertiary/aromatic N) is 3. The Labute approximate surface area is 87.5 Å². The van der Waals surface area contributed by atoms with Gasteiger partial charge in [-0.3, -0.25) is 5.10 Å². The fourth-order valence-corrected chi connectivity index (χ4v) is 1.73. The van der Waals surface area contributed by atoms with Gasteiger partial charge in [-0.2, -0.15) is 5.10 Å². The molecule has 3 rings (SSSR count). The Hall–Kier alpha value is -1.49. The number of H-pyrrole nitrogens is 1. The third-order valence-corrected chi connectivity index (χ3v) is 2.57. The Kier molecular flexibility index (Phi) is 1.55. The summed E-state index contributed by atoms with van der Waals surface area (Å²) < 4.78 is 0.769. The van der Waals surface area contributed by atoms with Crippen LogP contribution in [0.3, 0.4) is 0 Å². The van der Waals surface area contributed by atoms with Crippen molar-refractivity contribution in [2.24, 2.45) is 0 Å². The van der Waals surface area contributed by atoms with E-state index < -0.39 is 0 Å². The molecule has 4 nitrogen and oxygen atoms in total. The van der Waals surface area contributed by atoms with Crippen LogP contribution in [0.4, 0.5) is 0 Å². The lowest BCUT2D eigenvalue weighted by molar-refractivity contribution is 1.08. The summed E-state index contributed by atoms with van der Waals surface area (Å²) in [5.41, 5.74) is 3.14. The summed E-state index contributed by atoms with van der Waals surface area (Å²) in [4.78, 5) is 8.80. The zero-order chi connectivity index (χ0) is 9.54. The van der Waals surface area contributed by atoms with E-state index in [9.17, 15) is 0 Å². The summed E-state index contributed by atoms with van der Waals surface area (Å²) in [6.45, 7) is 0. The monoisotopic (exact) mass is 248 g/mol. The van der Waals surface area contributed by atoms with Crippen molar-refractivity contribution in [3.63, 3.8) is 0 Å². The van der Waals surface area contributed by atoms with E-state index >= 15 is 0 Å². The van der Waals surface area contributed by atoms with Crippen molar-refractivity contribution in [2.75, 3.05) is 0 Å². The number of halogens is 1. The number of nitrogens with one attached hydrogen (secondary N) is 1. The van der Waals surface area contributed by atoms with Crippen molar-refractivity contribution in [1.82, 2.24) is 20.2 Å². The van der Waals surface area contributed by atoms with Crippen molar-refractivity contribution in [1.29, 1.82) is 0 Å². The average molecular weight is 249 g/mol. The molecule has 0 amide bonds. The third kappa shape index (κ3) is 1.02. The van der Waals surface area contributed by atoms with E-state index in [1.54, 1.807) is 0 Å². The van der Waals surface area contributed by atoms with Gasteiger partial charge in [0.1, 0.15) is 10.1 Å². The molecule has 0 atom stereocenters. The molecule has 0 fully saturated rings. The van der Waals surface area contributed by atoms with Crippen molar-refractivity contribution >= 4 is 38.1 Å². The standard InChI is InChI=1S/C9H5BrN4/c10-8-7-9(14-13-8)12-6-4-2-1-3-5(6)11-7/h1-4H,(H,12,13,14). The Morgan fingerprint density at radius 3 is 2.57 bits per heavy atom. The Balaban J connectivity index is 2.54. The number of benzene rings is 1. The van der Waals surface area contributed by atoms with Gasteiger partial charge in [0.25, 0.3) is 0 Å². The third-order valence-electron chi connectivity index (χ3n) is 2.02. The number of aromatic nitrogens is 4. The molecule has 0 bridgehead atoms. The predicted octanol–water partition coefficient (Wildman–Crippen LogP) is 2.27. The molecule has 2 heterocycles. The van der Waals surface area contributed by atoms with E-state index in [0.29, 0.717) is 5.65 Å². The molecule has 1 N–H and O–H groups in total. The molecule has 68 valence electrons. The topological polar surface area (TPSA) is 54.5 Å². The van der Waals surface area contributed by atoms with E-state index in [2.05, 4.69) is 36.1 Å². The second kappa shape index (κ2) is 2.75. The summed E-state index contributed by atoms with van der Waals surface area (Å²) in [6, 6.07) is 7.73. The molecule has 0 aliphatic carbocycles. The predicted molar refractivity (Wildman–Crippen MR) is 56.9 cm³/mol. The molecule has 0 unspecified atom stereocenters. The lowest BCUT2D eigenvalue weighted by Crippen LogP contribution is -1.84. The van der Waals surface area contributed by atoms with Crippen LogP contribution >= 0.6 is 15.9 Å². The summed E-state index contributed by atoms with van der Waals surface area (Å²) in [5, 5.41) is 6.82. The first-order valence-electron chi connectivity index (χ1n) is 4.11. The van der Waals surface area contributed by atoms with Crippen molar-refractivity contribution < 1.29 is 0 Å². The van der Waals surface area contributed by atoms with Gasteiger partial charge in [0.2, 0.25) is 5.65 Å². The lowest BCUT2D eigenvalue weighted by Gasteiger charge is -1.94. The van der Waals surface area contributed by atoms with E-state index in [1.165, 1.54) is 0 Å². The van der Waals surface area contributed by atoms with Crippen molar-refractivity contribution in [3.8, 4) is 0 Å². The van der Waals surface area contributed by atoms with Gasteiger partial charge in [-0.15, -0.1) is 0 Å². The lowest BCUT2D eigenvalue weighted by atomic mass is 10.3. The Morgan fingerprint density at radius 2 is 1.79 bits per heavy atom. The molecule has 0 aliphatic rings. The van der Waals surface area contributed by atoms with Gasteiger partial charge in [-0.25, -0.2) is 9.97 Å².